The number of rotatable bonds is 4. The number of para-hydroxylation sites is 1. The second kappa shape index (κ2) is 6.67. The average molecular weight is 329 g/mol. The summed E-state index contributed by atoms with van der Waals surface area (Å²) in [5.41, 5.74) is 1.11. The average Bonchev–Trinajstić information content (AvgIpc) is 2.51. The van der Waals surface area contributed by atoms with Crippen LogP contribution in [-0.4, -0.2) is 58.8 Å². The first-order valence-electron chi connectivity index (χ1n) is 8.55. The van der Waals surface area contributed by atoms with E-state index in [1.807, 2.05) is 56.4 Å². The number of pyridine rings is 1. The van der Waals surface area contributed by atoms with E-state index in [-0.39, 0.29) is 5.56 Å². The molecular weight excluding hydrogens is 302 g/mol. The first-order valence-corrected chi connectivity index (χ1v) is 8.55. The lowest BCUT2D eigenvalue weighted by molar-refractivity contribution is -0.0480. The number of fused-ring (bicyclic) bond motifs is 1. The largest absolute Gasteiger partial charge is 0.387 e. The highest BCUT2D eigenvalue weighted by atomic mass is 16.3. The topological polar surface area (TPSA) is 48.7 Å². The van der Waals surface area contributed by atoms with Crippen LogP contribution in [0.5, 0.6) is 0 Å². The summed E-state index contributed by atoms with van der Waals surface area (Å²) < 4.78 is 1.72. The molecule has 5 heteroatoms. The zero-order chi connectivity index (χ0) is 17.3. The Morgan fingerprint density at radius 3 is 2.79 bits per heavy atom. The zero-order valence-electron chi connectivity index (χ0n) is 14.8. The molecule has 0 radical (unpaired) electrons. The molecule has 2 heterocycles. The summed E-state index contributed by atoms with van der Waals surface area (Å²) in [5, 5.41) is 11.9. The molecule has 5 nitrogen and oxygen atoms in total. The fraction of sp³-hybridized carbons (Fsp3) is 0.526. The third kappa shape index (κ3) is 3.53. The maximum absolute atomic E-state index is 12.7. The molecule has 1 saturated heterocycles. The molecule has 0 aliphatic carbocycles. The van der Waals surface area contributed by atoms with E-state index in [0.717, 1.165) is 35.9 Å². The normalized spacial score (nSPS) is 22.4. The second-order valence-corrected chi connectivity index (χ2v) is 7.37. The molecule has 1 aromatic heterocycles. The van der Waals surface area contributed by atoms with Gasteiger partial charge in [0.2, 0.25) is 0 Å². The number of hydrogen-bond acceptors (Lipinski definition) is 4. The van der Waals surface area contributed by atoms with Crippen molar-refractivity contribution in [3.8, 4) is 0 Å². The van der Waals surface area contributed by atoms with E-state index in [1.165, 1.54) is 0 Å². The molecule has 1 atom stereocenters. The van der Waals surface area contributed by atoms with Crippen LogP contribution in [0.25, 0.3) is 10.9 Å². The molecule has 0 saturated carbocycles. The van der Waals surface area contributed by atoms with E-state index in [9.17, 15) is 9.90 Å². The summed E-state index contributed by atoms with van der Waals surface area (Å²) in [7, 11) is 5.79. The van der Waals surface area contributed by atoms with E-state index in [4.69, 9.17) is 0 Å². The number of likely N-dealkylation sites (N-methyl/N-ethyl adjacent to an activating group) is 1. The molecule has 0 amide bonds. The Bertz CT molecular complexity index is 784. The van der Waals surface area contributed by atoms with Crippen LogP contribution < -0.4 is 5.56 Å². The van der Waals surface area contributed by atoms with Crippen LogP contribution in [0, 0.1) is 0 Å². The molecule has 0 spiro atoms. The summed E-state index contributed by atoms with van der Waals surface area (Å²) in [6, 6.07) is 9.95. The van der Waals surface area contributed by atoms with Gasteiger partial charge in [0.05, 0.1) is 11.1 Å². The van der Waals surface area contributed by atoms with Crippen molar-refractivity contribution in [2.75, 3.05) is 33.7 Å². The van der Waals surface area contributed by atoms with Gasteiger partial charge < -0.3 is 14.6 Å². The van der Waals surface area contributed by atoms with Crippen molar-refractivity contribution in [1.29, 1.82) is 0 Å². The van der Waals surface area contributed by atoms with Crippen LogP contribution in [0.2, 0.25) is 0 Å². The lowest BCUT2D eigenvalue weighted by Crippen LogP contribution is -2.53. The van der Waals surface area contributed by atoms with Crippen LogP contribution >= 0.6 is 0 Å². The van der Waals surface area contributed by atoms with Crippen molar-refractivity contribution in [2.45, 2.75) is 25.0 Å². The number of nitrogens with zero attached hydrogens (tertiary/aromatic N) is 3. The van der Waals surface area contributed by atoms with Crippen molar-refractivity contribution in [3.05, 3.63) is 46.2 Å². The number of likely N-dealkylation sites (tertiary alicyclic amines) is 1. The number of β-amino-alcohol motifs (C(OH)–C–C–N with tert-alkyl or cyclic N) is 1. The summed E-state index contributed by atoms with van der Waals surface area (Å²) in [4.78, 5) is 16.9. The number of hydrogen-bond donors (Lipinski definition) is 1. The molecule has 1 fully saturated rings. The first kappa shape index (κ1) is 17.1. The minimum atomic E-state index is -0.691. The standard InChI is InChI=1S/C19H27N3O2/c1-20(2)13-19(24)9-6-10-22(14-19)12-16-11-15-7-4-5-8-17(15)21(3)18(16)23/h4-5,7-8,11,24H,6,9-10,12-14H2,1-3H3/t19-/m0/s1. The van der Waals surface area contributed by atoms with Gasteiger partial charge in [-0.2, -0.15) is 0 Å². The highest BCUT2D eigenvalue weighted by molar-refractivity contribution is 5.79. The maximum atomic E-state index is 12.7. The van der Waals surface area contributed by atoms with E-state index in [2.05, 4.69) is 4.90 Å². The molecule has 1 aromatic carbocycles. The summed E-state index contributed by atoms with van der Waals surface area (Å²) in [6.45, 7) is 2.78. The van der Waals surface area contributed by atoms with Crippen LogP contribution in [0.1, 0.15) is 18.4 Å². The smallest absolute Gasteiger partial charge is 0.255 e. The minimum Gasteiger partial charge on any atom is -0.387 e. The molecular formula is C19H27N3O2. The van der Waals surface area contributed by atoms with Gasteiger partial charge in [-0.15, -0.1) is 0 Å². The molecule has 130 valence electrons. The molecule has 0 unspecified atom stereocenters. The van der Waals surface area contributed by atoms with E-state index < -0.39 is 5.60 Å². The summed E-state index contributed by atoms with van der Waals surface area (Å²) in [6.07, 6.45) is 1.77. The van der Waals surface area contributed by atoms with Crippen molar-refractivity contribution in [2.24, 2.45) is 7.05 Å². The number of piperidine rings is 1. The molecule has 2 aromatic rings. The Morgan fingerprint density at radius 1 is 1.29 bits per heavy atom. The fourth-order valence-corrected chi connectivity index (χ4v) is 3.90. The Morgan fingerprint density at radius 2 is 2.04 bits per heavy atom. The van der Waals surface area contributed by atoms with Crippen molar-refractivity contribution in [1.82, 2.24) is 14.4 Å². The quantitative estimate of drug-likeness (QED) is 0.922. The van der Waals surface area contributed by atoms with E-state index in [1.54, 1.807) is 4.57 Å². The summed E-state index contributed by atoms with van der Waals surface area (Å²) in [5.74, 6) is 0. The molecule has 1 N–H and O–H groups in total. The predicted molar refractivity (Wildman–Crippen MR) is 97.2 cm³/mol. The van der Waals surface area contributed by atoms with Gasteiger partial charge in [-0.25, -0.2) is 0 Å². The van der Waals surface area contributed by atoms with E-state index in [0.29, 0.717) is 19.6 Å². The second-order valence-electron chi connectivity index (χ2n) is 7.37. The van der Waals surface area contributed by atoms with Gasteiger partial charge in [0.1, 0.15) is 0 Å². The lowest BCUT2D eigenvalue weighted by Gasteiger charge is -2.40. The fourth-order valence-electron chi connectivity index (χ4n) is 3.90. The van der Waals surface area contributed by atoms with Gasteiger partial charge in [0.25, 0.3) is 5.56 Å². The van der Waals surface area contributed by atoms with Crippen molar-refractivity contribution < 1.29 is 5.11 Å². The Hall–Kier alpha value is -1.69. The maximum Gasteiger partial charge on any atom is 0.255 e. The lowest BCUT2D eigenvalue weighted by atomic mass is 9.92. The molecule has 1 aliphatic rings. The van der Waals surface area contributed by atoms with Gasteiger partial charge in [-0.3, -0.25) is 9.69 Å². The van der Waals surface area contributed by atoms with Crippen molar-refractivity contribution >= 4 is 10.9 Å². The van der Waals surface area contributed by atoms with Crippen LogP contribution in [0.15, 0.2) is 35.1 Å². The third-order valence-corrected chi connectivity index (χ3v) is 4.85. The molecule has 24 heavy (non-hydrogen) atoms. The van der Waals surface area contributed by atoms with Gasteiger partial charge >= 0.3 is 0 Å². The Labute approximate surface area is 143 Å². The predicted octanol–water partition coefficient (Wildman–Crippen LogP) is 1.43. The molecule has 3 rings (SSSR count). The zero-order valence-corrected chi connectivity index (χ0v) is 14.8. The van der Waals surface area contributed by atoms with Gasteiger partial charge in [-0.05, 0) is 51.0 Å². The minimum absolute atomic E-state index is 0.0513. The number of aliphatic hydroxyl groups is 1. The Balaban J connectivity index is 1.84. The van der Waals surface area contributed by atoms with Gasteiger partial charge in [-0.1, -0.05) is 18.2 Å². The van der Waals surface area contributed by atoms with Gasteiger partial charge in [0.15, 0.2) is 0 Å². The highest BCUT2D eigenvalue weighted by Gasteiger charge is 2.33. The van der Waals surface area contributed by atoms with Gasteiger partial charge in [0, 0.05) is 32.2 Å². The monoisotopic (exact) mass is 329 g/mol. The van der Waals surface area contributed by atoms with Crippen LogP contribution in [-0.2, 0) is 13.6 Å². The highest BCUT2D eigenvalue weighted by Crippen LogP contribution is 2.23. The number of aromatic nitrogens is 1. The molecule has 1 aliphatic heterocycles. The van der Waals surface area contributed by atoms with Crippen molar-refractivity contribution in [3.63, 3.8) is 0 Å². The SMILES string of the molecule is CN(C)C[C@@]1(O)CCCN(Cc2cc3ccccc3n(C)c2=O)C1. The molecule has 0 bridgehead atoms. The first-order chi connectivity index (χ1) is 11.4. The number of benzene rings is 1. The van der Waals surface area contributed by atoms with Crippen LogP contribution in [0.3, 0.4) is 0 Å². The number of aryl methyl sites for hydroxylation is 1. The third-order valence-electron chi connectivity index (χ3n) is 4.85. The van der Waals surface area contributed by atoms with Crippen LogP contribution in [0.4, 0.5) is 0 Å². The summed E-state index contributed by atoms with van der Waals surface area (Å²) >= 11 is 0. The Kier molecular flexibility index (Phi) is 4.76. The van der Waals surface area contributed by atoms with E-state index >= 15 is 0 Å².